The smallest absolute Gasteiger partial charge is 0.259 e. The average molecular weight is 379 g/mol. The van der Waals surface area contributed by atoms with Crippen molar-refractivity contribution in [3.05, 3.63) is 72.1 Å². The molecule has 0 saturated heterocycles. The predicted octanol–water partition coefficient (Wildman–Crippen LogP) is 4.31. The molecular formula is C22H25N3O3. The number of amides is 1. The van der Waals surface area contributed by atoms with Crippen LogP contribution in [0.3, 0.4) is 0 Å². The molecule has 1 amide bonds. The topological polar surface area (TPSA) is 65.4 Å². The van der Waals surface area contributed by atoms with Gasteiger partial charge in [0.05, 0.1) is 18.2 Å². The van der Waals surface area contributed by atoms with Crippen molar-refractivity contribution >= 4 is 11.6 Å². The summed E-state index contributed by atoms with van der Waals surface area (Å²) in [7, 11) is 0. The van der Waals surface area contributed by atoms with Crippen LogP contribution in [0.1, 0.15) is 29.8 Å². The van der Waals surface area contributed by atoms with Crippen molar-refractivity contribution in [3.63, 3.8) is 0 Å². The highest BCUT2D eigenvalue weighted by molar-refractivity contribution is 6.06. The lowest BCUT2D eigenvalue weighted by molar-refractivity contribution is 0.102. The minimum atomic E-state index is -0.206. The molecule has 6 nitrogen and oxygen atoms in total. The van der Waals surface area contributed by atoms with Crippen molar-refractivity contribution in [2.45, 2.75) is 33.4 Å². The number of carbonyl (C=O) groups is 1. The van der Waals surface area contributed by atoms with Crippen molar-refractivity contribution in [1.29, 1.82) is 0 Å². The van der Waals surface area contributed by atoms with E-state index in [0.29, 0.717) is 30.2 Å². The second kappa shape index (κ2) is 9.08. The third-order valence-electron chi connectivity index (χ3n) is 4.00. The zero-order valence-corrected chi connectivity index (χ0v) is 16.4. The van der Waals surface area contributed by atoms with E-state index in [1.165, 1.54) is 0 Å². The maximum atomic E-state index is 12.7. The zero-order chi connectivity index (χ0) is 19.9. The maximum Gasteiger partial charge on any atom is 0.259 e. The largest absolute Gasteiger partial charge is 0.492 e. The molecule has 0 spiro atoms. The Balaban J connectivity index is 1.60. The number of nitrogens with one attached hydrogen (secondary N) is 1. The van der Waals surface area contributed by atoms with Gasteiger partial charge in [0.2, 0.25) is 0 Å². The fourth-order valence-electron chi connectivity index (χ4n) is 2.69. The molecule has 6 heteroatoms. The van der Waals surface area contributed by atoms with Gasteiger partial charge in [-0.3, -0.25) is 9.48 Å². The number of hydrogen-bond acceptors (Lipinski definition) is 4. The average Bonchev–Trinajstić information content (AvgIpc) is 3.16. The molecule has 0 atom stereocenters. The molecule has 0 unspecified atom stereocenters. The predicted molar refractivity (Wildman–Crippen MR) is 109 cm³/mol. The van der Waals surface area contributed by atoms with Gasteiger partial charge in [-0.15, -0.1) is 0 Å². The van der Waals surface area contributed by atoms with Crippen LogP contribution < -0.4 is 14.8 Å². The van der Waals surface area contributed by atoms with E-state index in [4.69, 9.17) is 9.47 Å². The van der Waals surface area contributed by atoms with Crippen LogP contribution in [0.25, 0.3) is 0 Å². The zero-order valence-electron chi connectivity index (χ0n) is 16.4. The molecule has 1 aromatic heterocycles. The van der Waals surface area contributed by atoms with E-state index in [2.05, 4.69) is 10.4 Å². The van der Waals surface area contributed by atoms with Crippen molar-refractivity contribution in [3.8, 4) is 11.5 Å². The maximum absolute atomic E-state index is 12.7. The van der Waals surface area contributed by atoms with Gasteiger partial charge in [0, 0.05) is 18.1 Å². The van der Waals surface area contributed by atoms with Crippen molar-refractivity contribution < 1.29 is 14.3 Å². The number of ether oxygens (including phenoxy) is 2. The van der Waals surface area contributed by atoms with Gasteiger partial charge in [-0.1, -0.05) is 6.07 Å². The van der Waals surface area contributed by atoms with Crippen molar-refractivity contribution in [1.82, 2.24) is 9.78 Å². The van der Waals surface area contributed by atoms with Gasteiger partial charge in [0.15, 0.2) is 0 Å². The van der Waals surface area contributed by atoms with Gasteiger partial charge < -0.3 is 14.8 Å². The number of hydrogen-bond donors (Lipinski definition) is 1. The first-order chi connectivity index (χ1) is 13.5. The van der Waals surface area contributed by atoms with E-state index in [1.54, 1.807) is 12.3 Å². The minimum Gasteiger partial charge on any atom is -0.492 e. The lowest BCUT2D eigenvalue weighted by Crippen LogP contribution is -2.16. The third kappa shape index (κ3) is 5.36. The summed E-state index contributed by atoms with van der Waals surface area (Å²) in [5.74, 6) is 1.12. The summed E-state index contributed by atoms with van der Waals surface area (Å²) in [6.45, 7) is 7.05. The minimum absolute atomic E-state index is 0.00785. The first-order valence-electron chi connectivity index (χ1n) is 9.30. The number of aryl methyl sites for hydroxylation is 1. The second-order valence-electron chi connectivity index (χ2n) is 6.76. The molecule has 0 bridgehead atoms. The van der Waals surface area contributed by atoms with E-state index >= 15 is 0 Å². The Hall–Kier alpha value is -3.28. The van der Waals surface area contributed by atoms with Crippen LogP contribution in [-0.2, 0) is 6.54 Å². The van der Waals surface area contributed by atoms with E-state index < -0.39 is 0 Å². The summed E-state index contributed by atoms with van der Waals surface area (Å²) in [4.78, 5) is 12.7. The Kier molecular flexibility index (Phi) is 6.32. The Labute approximate surface area is 165 Å². The highest BCUT2D eigenvalue weighted by atomic mass is 16.5. The van der Waals surface area contributed by atoms with Gasteiger partial charge in [0.1, 0.15) is 18.1 Å². The number of aromatic nitrogens is 2. The van der Waals surface area contributed by atoms with E-state index in [9.17, 15) is 4.79 Å². The van der Waals surface area contributed by atoms with Gasteiger partial charge in [-0.05, 0) is 68.8 Å². The number of benzene rings is 2. The quantitative estimate of drug-likeness (QED) is 0.633. The Morgan fingerprint density at radius 1 is 1.18 bits per heavy atom. The lowest BCUT2D eigenvalue weighted by atomic mass is 10.1. The molecule has 0 fully saturated rings. The molecule has 2 aromatic carbocycles. The highest BCUT2D eigenvalue weighted by Gasteiger charge is 2.14. The van der Waals surface area contributed by atoms with Crippen molar-refractivity contribution in [2.24, 2.45) is 0 Å². The van der Waals surface area contributed by atoms with E-state index in [0.717, 1.165) is 11.3 Å². The number of anilines is 1. The fraction of sp³-hybridized carbons (Fsp3) is 0.273. The lowest BCUT2D eigenvalue weighted by Gasteiger charge is -2.15. The summed E-state index contributed by atoms with van der Waals surface area (Å²) in [5, 5.41) is 7.04. The molecule has 146 valence electrons. The van der Waals surface area contributed by atoms with Crippen molar-refractivity contribution in [2.75, 3.05) is 11.9 Å². The first kappa shape index (κ1) is 19.5. The molecule has 0 aliphatic carbocycles. The third-order valence-corrected chi connectivity index (χ3v) is 4.00. The Morgan fingerprint density at radius 3 is 2.64 bits per heavy atom. The van der Waals surface area contributed by atoms with Gasteiger partial charge in [-0.2, -0.15) is 5.10 Å². The van der Waals surface area contributed by atoms with Crippen LogP contribution in [0.4, 0.5) is 5.69 Å². The summed E-state index contributed by atoms with van der Waals surface area (Å²) in [6.07, 6.45) is 3.62. The summed E-state index contributed by atoms with van der Waals surface area (Å²) in [5.41, 5.74) is 2.25. The van der Waals surface area contributed by atoms with E-state index in [1.807, 2.05) is 74.1 Å². The SMILES string of the molecule is Cc1ccc(C(=O)Nc2ccc(OCCn3cccn3)cc2)c(OC(C)C)c1. The Bertz CT molecular complexity index is 903. The molecule has 0 radical (unpaired) electrons. The van der Waals surface area contributed by atoms with Crippen LogP contribution in [0.2, 0.25) is 0 Å². The number of nitrogens with zero attached hydrogens (tertiary/aromatic N) is 2. The normalized spacial score (nSPS) is 10.7. The summed E-state index contributed by atoms with van der Waals surface area (Å²) < 4.78 is 13.3. The number of rotatable bonds is 8. The van der Waals surface area contributed by atoms with Crippen LogP contribution in [0, 0.1) is 6.92 Å². The number of carbonyl (C=O) groups excluding carboxylic acids is 1. The molecule has 3 rings (SSSR count). The van der Waals surface area contributed by atoms with Crippen LogP contribution in [0.5, 0.6) is 11.5 Å². The van der Waals surface area contributed by atoms with Crippen LogP contribution >= 0.6 is 0 Å². The van der Waals surface area contributed by atoms with Gasteiger partial charge in [0.25, 0.3) is 5.91 Å². The standard InChI is InChI=1S/C22H25N3O3/c1-16(2)28-21-15-17(3)5-10-20(21)22(26)24-18-6-8-19(9-7-18)27-14-13-25-12-4-11-23-25/h4-12,15-16H,13-14H2,1-3H3,(H,24,26). The molecule has 1 heterocycles. The fourth-order valence-corrected chi connectivity index (χ4v) is 2.69. The summed E-state index contributed by atoms with van der Waals surface area (Å²) in [6, 6.07) is 14.7. The van der Waals surface area contributed by atoms with E-state index in [-0.39, 0.29) is 12.0 Å². The molecule has 0 aliphatic heterocycles. The highest BCUT2D eigenvalue weighted by Crippen LogP contribution is 2.23. The monoisotopic (exact) mass is 379 g/mol. The first-order valence-corrected chi connectivity index (χ1v) is 9.30. The van der Waals surface area contributed by atoms with Crippen LogP contribution in [-0.4, -0.2) is 28.4 Å². The molecule has 1 N–H and O–H groups in total. The molecule has 0 saturated carbocycles. The molecular weight excluding hydrogens is 354 g/mol. The van der Waals surface area contributed by atoms with Gasteiger partial charge >= 0.3 is 0 Å². The molecule has 28 heavy (non-hydrogen) atoms. The summed E-state index contributed by atoms with van der Waals surface area (Å²) >= 11 is 0. The Morgan fingerprint density at radius 2 is 1.96 bits per heavy atom. The van der Waals surface area contributed by atoms with Gasteiger partial charge in [-0.25, -0.2) is 0 Å². The molecule has 0 aliphatic rings. The second-order valence-corrected chi connectivity index (χ2v) is 6.76. The van der Waals surface area contributed by atoms with Crippen LogP contribution in [0.15, 0.2) is 60.9 Å². The molecule has 3 aromatic rings.